The Kier molecular flexibility index (Phi) is 5.50. The Morgan fingerprint density at radius 2 is 1.78 bits per heavy atom. The molecule has 0 aliphatic carbocycles. The van der Waals surface area contributed by atoms with Crippen LogP contribution in [0.4, 0.5) is 4.39 Å². The fourth-order valence-corrected chi connectivity index (χ4v) is 4.80. The third-order valence-electron chi connectivity index (χ3n) is 6.03. The number of pyridine rings is 1. The Morgan fingerprint density at radius 3 is 2.59 bits per heavy atom. The highest BCUT2D eigenvalue weighted by Gasteiger charge is 2.16. The molecule has 6 rings (SSSR count). The second-order valence-corrected chi connectivity index (χ2v) is 10.5. The number of nitrogens with zero attached hydrogens (tertiary/aromatic N) is 4. The summed E-state index contributed by atoms with van der Waals surface area (Å²) in [5, 5.41) is 9.31. The Labute approximate surface area is 210 Å². The lowest BCUT2D eigenvalue weighted by Gasteiger charge is -2.08. The predicted octanol–water partition coefficient (Wildman–Crippen LogP) is 4.42. The zero-order chi connectivity index (χ0) is 25.6. The SMILES string of the molecule is CS(=O)(=O)NCc1cc(F)cc(-c2cccc3[nH]c(-c4n[nH]c5cnc(-c6cncnc6)cc45)cc23)c1. The van der Waals surface area contributed by atoms with Crippen LogP contribution in [0.1, 0.15) is 5.56 Å². The zero-order valence-electron chi connectivity index (χ0n) is 19.5. The van der Waals surface area contributed by atoms with Crippen LogP contribution in [0.25, 0.3) is 55.6 Å². The van der Waals surface area contributed by atoms with Gasteiger partial charge in [0.2, 0.25) is 10.0 Å². The monoisotopic (exact) mass is 513 g/mol. The summed E-state index contributed by atoms with van der Waals surface area (Å²) in [5.41, 5.74) is 6.63. The fraction of sp³-hybridized carbons (Fsp3) is 0.0769. The normalized spacial score (nSPS) is 11.9. The first-order valence-electron chi connectivity index (χ1n) is 11.3. The van der Waals surface area contributed by atoms with Gasteiger partial charge in [-0.3, -0.25) is 10.1 Å². The van der Waals surface area contributed by atoms with Gasteiger partial charge in [0.1, 0.15) is 17.8 Å². The first-order valence-corrected chi connectivity index (χ1v) is 13.2. The number of aromatic nitrogens is 6. The molecule has 9 nitrogen and oxygen atoms in total. The molecule has 0 saturated heterocycles. The molecule has 184 valence electrons. The van der Waals surface area contributed by atoms with Crippen molar-refractivity contribution in [3.05, 3.63) is 84.8 Å². The molecule has 0 saturated carbocycles. The van der Waals surface area contributed by atoms with Gasteiger partial charge in [-0.15, -0.1) is 0 Å². The van der Waals surface area contributed by atoms with Crippen molar-refractivity contribution in [3.63, 3.8) is 0 Å². The molecule has 0 amide bonds. The lowest BCUT2D eigenvalue weighted by atomic mass is 9.99. The van der Waals surface area contributed by atoms with E-state index in [9.17, 15) is 12.8 Å². The molecule has 0 aliphatic heterocycles. The molecule has 0 spiro atoms. The summed E-state index contributed by atoms with van der Waals surface area (Å²) in [6.45, 7) is 0.0000389. The standard InChI is InChI=1S/C26H20FN7O2S/c1-37(35,36)31-10-15-5-16(7-18(27)6-15)19-3-2-4-22-20(19)8-24(32-22)26-21-9-23(17-11-28-14-29-12-17)30-13-25(21)33-34-26/h2-9,11-14,31-32H,10H2,1H3,(H,33,34). The van der Waals surface area contributed by atoms with Crippen molar-refractivity contribution in [2.24, 2.45) is 0 Å². The first kappa shape index (κ1) is 23.0. The lowest BCUT2D eigenvalue weighted by molar-refractivity contribution is 0.586. The predicted molar refractivity (Wildman–Crippen MR) is 139 cm³/mol. The molecule has 6 aromatic rings. The van der Waals surface area contributed by atoms with Gasteiger partial charge in [0.15, 0.2) is 0 Å². The van der Waals surface area contributed by atoms with Crippen molar-refractivity contribution in [2.45, 2.75) is 6.54 Å². The number of hydrogen-bond donors (Lipinski definition) is 3. The van der Waals surface area contributed by atoms with Crippen molar-refractivity contribution < 1.29 is 12.8 Å². The number of nitrogens with one attached hydrogen (secondary N) is 3. The number of halogens is 1. The number of aromatic amines is 2. The number of H-pyrrole nitrogens is 2. The molecule has 0 fully saturated rings. The van der Waals surface area contributed by atoms with Crippen molar-refractivity contribution in [1.82, 2.24) is 34.9 Å². The smallest absolute Gasteiger partial charge is 0.209 e. The molecule has 0 atom stereocenters. The van der Waals surface area contributed by atoms with Crippen LogP contribution in [-0.4, -0.2) is 44.8 Å². The van der Waals surface area contributed by atoms with Gasteiger partial charge in [-0.1, -0.05) is 12.1 Å². The van der Waals surface area contributed by atoms with E-state index in [1.165, 1.54) is 18.5 Å². The first-order chi connectivity index (χ1) is 17.8. The fourth-order valence-electron chi connectivity index (χ4n) is 4.37. The lowest BCUT2D eigenvalue weighted by Crippen LogP contribution is -2.21. The molecule has 0 bridgehead atoms. The average Bonchev–Trinajstić information content (AvgIpc) is 3.51. The average molecular weight is 514 g/mol. The van der Waals surface area contributed by atoms with Crippen LogP contribution >= 0.6 is 0 Å². The van der Waals surface area contributed by atoms with Crippen molar-refractivity contribution >= 4 is 31.8 Å². The Bertz CT molecular complexity index is 1880. The molecule has 3 N–H and O–H groups in total. The van der Waals surface area contributed by atoms with E-state index in [0.717, 1.165) is 56.3 Å². The summed E-state index contributed by atoms with van der Waals surface area (Å²) < 4.78 is 39.9. The number of sulfonamides is 1. The van der Waals surface area contributed by atoms with E-state index >= 15 is 0 Å². The largest absolute Gasteiger partial charge is 0.353 e. The van der Waals surface area contributed by atoms with Crippen molar-refractivity contribution in [1.29, 1.82) is 0 Å². The van der Waals surface area contributed by atoms with Gasteiger partial charge in [0, 0.05) is 40.8 Å². The van der Waals surface area contributed by atoms with Gasteiger partial charge < -0.3 is 4.98 Å². The molecule has 4 heterocycles. The van der Waals surface area contributed by atoms with E-state index < -0.39 is 15.8 Å². The minimum Gasteiger partial charge on any atom is -0.353 e. The van der Waals surface area contributed by atoms with E-state index in [0.29, 0.717) is 11.1 Å². The van der Waals surface area contributed by atoms with Crippen LogP contribution < -0.4 is 4.72 Å². The molecular formula is C26H20FN7O2S. The maximum absolute atomic E-state index is 14.5. The van der Waals surface area contributed by atoms with Crippen molar-refractivity contribution in [2.75, 3.05) is 6.26 Å². The number of benzene rings is 2. The Hall–Kier alpha value is -4.48. The molecule has 0 aliphatic rings. The zero-order valence-corrected chi connectivity index (χ0v) is 20.3. The molecule has 4 aromatic heterocycles. The van der Waals surface area contributed by atoms with Gasteiger partial charge in [0.05, 0.1) is 29.4 Å². The van der Waals surface area contributed by atoms with E-state index in [4.69, 9.17) is 0 Å². The third-order valence-corrected chi connectivity index (χ3v) is 6.70. The second kappa shape index (κ2) is 8.87. The molecule has 37 heavy (non-hydrogen) atoms. The summed E-state index contributed by atoms with van der Waals surface area (Å²) in [5.74, 6) is -0.446. The quantitative estimate of drug-likeness (QED) is 0.302. The number of fused-ring (bicyclic) bond motifs is 2. The highest BCUT2D eigenvalue weighted by Crippen LogP contribution is 2.35. The summed E-state index contributed by atoms with van der Waals surface area (Å²) >= 11 is 0. The summed E-state index contributed by atoms with van der Waals surface area (Å²) in [6, 6.07) is 14.2. The molecule has 2 aromatic carbocycles. The minimum absolute atomic E-state index is 0.0000389. The minimum atomic E-state index is -3.41. The van der Waals surface area contributed by atoms with Gasteiger partial charge in [-0.2, -0.15) is 5.10 Å². The van der Waals surface area contributed by atoms with Crippen molar-refractivity contribution in [3.8, 4) is 33.8 Å². The number of hydrogen-bond acceptors (Lipinski definition) is 6. The van der Waals surface area contributed by atoms with Gasteiger partial charge in [-0.25, -0.2) is 27.5 Å². The van der Waals surface area contributed by atoms with E-state index in [1.54, 1.807) is 24.7 Å². The topological polar surface area (TPSA) is 129 Å². The van der Waals surface area contributed by atoms with E-state index in [2.05, 4.69) is 34.9 Å². The molecule has 0 radical (unpaired) electrons. The van der Waals surface area contributed by atoms with Crippen LogP contribution in [-0.2, 0) is 16.6 Å². The third kappa shape index (κ3) is 4.57. The number of rotatable bonds is 6. The molecule has 0 unspecified atom stereocenters. The highest BCUT2D eigenvalue weighted by molar-refractivity contribution is 7.88. The van der Waals surface area contributed by atoms with Crippen LogP contribution in [0.15, 0.2) is 73.4 Å². The summed E-state index contributed by atoms with van der Waals surface area (Å²) in [6.07, 6.45) is 7.67. The molecular weight excluding hydrogens is 493 g/mol. The molecule has 11 heteroatoms. The summed E-state index contributed by atoms with van der Waals surface area (Å²) in [7, 11) is -3.41. The van der Waals surface area contributed by atoms with E-state index in [1.807, 2.05) is 30.3 Å². The van der Waals surface area contributed by atoms with Crippen LogP contribution in [0.5, 0.6) is 0 Å². The maximum Gasteiger partial charge on any atom is 0.209 e. The van der Waals surface area contributed by atoms with E-state index in [-0.39, 0.29) is 6.54 Å². The van der Waals surface area contributed by atoms with Gasteiger partial charge >= 0.3 is 0 Å². The van der Waals surface area contributed by atoms with Gasteiger partial charge in [-0.05, 0) is 53.1 Å². The highest BCUT2D eigenvalue weighted by atomic mass is 32.2. The Balaban J connectivity index is 1.44. The Morgan fingerprint density at radius 1 is 0.946 bits per heavy atom. The summed E-state index contributed by atoms with van der Waals surface area (Å²) in [4.78, 5) is 16.1. The van der Waals surface area contributed by atoms with Crippen LogP contribution in [0, 0.1) is 5.82 Å². The second-order valence-electron chi connectivity index (χ2n) is 8.71. The maximum atomic E-state index is 14.5. The van der Waals surface area contributed by atoms with Crippen LogP contribution in [0.2, 0.25) is 0 Å². The van der Waals surface area contributed by atoms with Gasteiger partial charge in [0.25, 0.3) is 0 Å². The van der Waals surface area contributed by atoms with Crippen LogP contribution in [0.3, 0.4) is 0 Å².